The van der Waals surface area contributed by atoms with Crippen LogP contribution >= 0.6 is 11.8 Å². The van der Waals surface area contributed by atoms with Gasteiger partial charge in [0, 0.05) is 11.3 Å². The van der Waals surface area contributed by atoms with Crippen LogP contribution in [0.5, 0.6) is 5.75 Å². The number of carbonyl (C=O) groups is 1. The molecule has 0 saturated heterocycles. The second kappa shape index (κ2) is 12.5. The summed E-state index contributed by atoms with van der Waals surface area (Å²) in [4.78, 5) is 14.2. The molecular weight excluding hydrogens is 583 g/mol. The van der Waals surface area contributed by atoms with Crippen molar-refractivity contribution in [3.8, 4) is 11.8 Å². The zero-order chi connectivity index (χ0) is 31.6. The first-order valence-electron chi connectivity index (χ1n) is 14.1. The van der Waals surface area contributed by atoms with Crippen molar-refractivity contribution in [1.29, 1.82) is 5.26 Å². The highest BCUT2D eigenvalue weighted by Crippen LogP contribution is 2.46. The van der Waals surface area contributed by atoms with E-state index in [1.807, 2.05) is 71.0 Å². The summed E-state index contributed by atoms with van der Waals surface area (Å²) >= 11 is 1.12. The molecule has 3 aromatic rings. The van der Waals surface area contributed by atoms with Gasteiger partial charge < -0.3 is 14.0 Å². The summed E-state index contributed by atoms with van der Waals surface area (Å²) in [5.74, 6) is -0.445. The van der Waals surface area contributed by atoms with Gasteiger partial charge in [0.15, 0.2) is 0 Å². The molecule has 7 nitrogen and oxygen atoms in total. The zero-order valence-electron chi connectivity index (χ0n) is 25.3. The molecule has 0 unspecified atom stereocenters. The number of benzene rings is 3. The lowest BCUT2D eigenvalue weighted by Crippen LogP contribution is -2.44. The first-order chi connectivity index (χ1) is 20.1. The van der Waals surface area contributed by atoms with Crippen molar-refractivity contribution >= 4 is 27.8 Å². The molecule has 0 fully saturated rings. The summed E-state index contributed by atoms with van der Waals surface area (Å²) in [5, 5.41) is 20.3. The van der Waals surface area contributed by atoms with Crippen LogP contribution in [-0.2, 0) is 31.5 Å². The molecule has 1 heterocycles. The maximum Gasteiger partial charge on any atom is 0.349 e. The molecule has 0 aliphatic carbocycles. The number of esters is 1. The number of carbonyl (C=O) groups excluding carboxylic acids is 1. The summed E-state index contributed by atoms with van der Waals surface area (Å²) in [6.07, 6.45) is 1.50. The Balaban J connectivity index is 1.64. The van der Waals surface area contributed by atoms with Crippen LogP contribution in [0.15, 0.2) is 87.2 Å². The maximum atomic E-state index is 13.5. The molecule has 1 aliphatic rings. The predicted molar refractivity (Wildman–Crippen MR) is 167 cm³/mol. The number of aliphatic hydroxyl groups is 1. The molecule has 226 valence electrons. The number of ether oxygens (including phenoxy) is 1. The van der Waals surface area contributed by atoms with E-state index in [0.717, 1.165) is 22.9 Å². The lowest BCUT2D eigenvalue weighted by atomic mass is 9.80. The predicted octanol–water partition coefficient (Wildman–Crippen LogP) is 7.77. The smallest absolute Gasteiger partial charge is 0.349 e. The Bertz CT molecular complexity index is 1680. The van der Waals surface area contributed by atoms with Crippen LogP contribution in [0.4, 0.5) is 0 Å². The van der Waals surface area contributed by atoms with E-state index in [9.17, 15) is 18.3 Å². The van der Waals surface area contributed by atoms with Crippen molar-refractivity contribution in [2.24, 2.45) is 5.92 Å². The fraction of sp³-hybridized carbons (Fsp3) is 0.353. The second-order valence-electron chi connectivity index (χ2n) is 12.2. The average molecular weight is 620 g/mol. The highest BCUT2D eigenvalue weighted by molar-refractivity contribution is 8.04. The van der Waals surface area contributed by atoms with E-state index in [4.69, 9.17) is 14.2 Å². The third-order valence-electron chi connectivity index (χ3n) is 7.71. The molecule has 4 rings (SSSR count). The SMILES string of the molecule is Cc1cc(SC2=C(O)C[C@@](CCc3ccccc3)(C(C)C)OC2=O)c(C(C)(C)C)cc1OS(=O)(=O)c1ccc(C#N)cc1. The van der Waals surface area contributed by atoms with Crippen LogP contribution < -0.4 is 4.18 Å². The van der Waals surface area contributed by atoms with Gasteiger partial charge in [-0.25, -0.2) is 4.79 Å². The number of hydrogen-bond acceptors (Lipinski definition) is 8. The Hall–Kier alpha value is -3.74. The monoisotopic (exact) mass is 619 g/mol. The number of thioether (sulfide) groups is 1. The molecule has 1 atom stereocenters. The zero-order valence-corrected chi connectivity index (χ0v) is 26.9. The summed E-state index contributed by atoms with van der Waals surface area (Å²) in [5.41, 5.74) is 1.46. The van der Waals surface area contributed by atoms with E-state index in [0.29, 0.717) is 28.9 Å². The van der Waals surface area contributed by atoms with Gasteiger partial charge in [0.1, 0.15) is 26.9 Å². The summed E-state index contributed by atoms with van der Waals surface area (Å²) < 4.78 is 37.8. The van der Waals surface area contributed by atoms with Gasteiger partial charge in [0.05, 0.1) is 11.6 Å². The number of rotatable bonds is 9. The van der Waals surface area contributed by atoms with Gasteiger partial charge in [-0.15, -0.1) is 0 Å². The first-order valence-corrected chi connectivity index (χ1v) is 16.3. The van der Waals surface area contributed by atoms with Gasteiger partial charge >= 0.3 is 16.1 Å². The van der Waals surface area contributed by atoms with Crippen LogP contribution in [0.1, 0.15) is 69.7 Å². The van der Waals surface area contributed by atoms with Crippen LogP contribution in [0, 0.1) is 24.2 Å². The van der Waals surface area contributed by atoms with Gasteiger partial charge in [0.2, 0.25) is 0 Å². The minimum Gasteiger partial charge on any atom is -0.511 e. The van der Waals surface area contributed by atoms with Crippen molar-refractivity contribution in [2.45, 2.75) is 81.6 Å². The maximum absolute atomic E-state index is 13.5. The van der Waals surface area contributed by atoms with Crippen LogP contribution in [0.25, 0.3) is 0 Å². The fourth-order valence-corrected chi connectivity index (χ4v) is 7.22. The van der Waals surface area contributed by atoms with Crippen LogP contribution in [0.3, 0.4) is 0 Å². The number of aliphatic hydroxyl groups excluding tert-OH is 1. The topological polar surface area (TPSA) is 114 Å². The summed E-state index contributed by atoms with van der Waals surface area (Å²) in [7, 11) is -4.17. The molecule has 1 N–H and O–H groups in total. The Morgan fingerprint density at radius 1 is 1.09 bits per heavy atom. The van der Waals surface area contributed by atoms with Gasteiger partial charge in [0.25, 0.3) is 0 Å². The van der Waals surface area contributed by atoms with Crippen LogP contribution in [-0.4, -0.2) is 25.1 Å². The van der Waals surface area contributed by atoms with E-state index in [2.05, 4.69) is 0 Å². The Morgan fingerprint density at radius 2 is 1.74 bits per heavy atom. The molecule has 0 radical (unpaired) electrons. The second-order valence-corrected chi connectivity index (χ2v) is 14.8. The fourth-order valence-electron chi connectivity index (χ4n) is 4.99. The standard InChI is InChI=1S/C34H37NO6S2/c1-22(2)34(17-16-24-10-8-7-9-11-24)20-28(36)31(32(37)40-34)42-30-18-23(3)29(19-27(30)33(4,5)6)41-43(38,39)26-14-12-25(21-35)13-15-26/h7-15,18-19,22,36H,16-17,20H2,1-6H3/t34-/m0/s1. The molecule has 0 amide bonds. The van der Waals surface area contributed by atoms with Gasteiger partial charge in [-0.1, -0.05) is 76.7 Å². The van der Waals surface area contributed by atoms with Gasteiger partial charge in [-0.2, -0.15) is 13.7 Å². The van der Waals surface area contributed by atoms with E-state index in [1.165, 1.54) is 24.3 Å². The summed E-state index contributed by atoms with van der Waals surface area (Å²) in [6.45, 7) is 11.6. The van der Waals surface area contributed by atoms with E-state index in [1.54, 1.807) is 19.1 Å². The Kier molecular flexibility index (Phi) is 9.33. The number of hydrogen-bond donors (Lipinski definition) is 1. The quantitative estimate of drug-likeness (QED) is 0.191. The first kappa shape index (κ1) is 32.2. The molecule has 0 bridgehead atoms. The van der Waals surface area contributed by atoms with Crippen molar-refractivity contribution in [2.75, 3.05) is 0 Å². The lowest BCUT2D eigenvalue weighted by molar-refractivity contribution is -0.164. The molecule has 43 heavy (non-hydrogen) atoms. The average Bonchev–Trinajstić information content (AvgIpc) is 2.95. The molecule has 0 aromatic heterocycles. The van der Waals surface area contributed by atoms with Crippen molar-refractivity contribution in [1.82, 2.24) is 0 Å². The normalized spacial score (nSPS) is 17.5. The lowest BCUT2D eigenvalue weighted by Gasteiger charge is -2.40. The van der Waals surface area contributed by atoms with Crippen LogP contribution in [0.2, 0.25) is 0 Å². The Morgan fingerprint density at radius 3 is 2.30 bits per heavy atom. The third kappa shape index (κ3) is 7.26. The van der Waals surface area contributed by atoms with Gasteiger partial charge in [-0.05, 0) is 84.2 Å². The number of nitrogens with zero attached hydrogens (tertiary/aromatic N) is 1. The van der Waals surface area contributed by atoms with E-state index < -0.39 is 27.1 Å². The number of cyclic esters (lactones) is 1. The highest BCUT2D eigenvalue weighted by atomic mass is 32.2. The molecule has 0 saturated carbocycles. The number of nitriles is 1. The van der Waals surface area contributed by atoms with E-state index >= 15 is 0 Å². The molecular formula is C34H37NO6S2. The van der Waals surface area contributed by atoms with Crippen molar-refractivity contribution in [3.63, 3.8) is 0 Å². The van der Waals surface area contributed by atoms with Crippen molar-refractivity contribution < 1.29 is 27.2 Å². The molecule has 9 heteroatoms. The molecule has 0 spiro atoms. The Labute approximate surface area is 258 Å². The largest absolute Gasteiger partial charge is 0.511 e. The van der Waals surface area contributed by atoms with E-state index in [-0.39, 0.29) is 33.6 Å². The molecule has 3 aromatic carbocycles. The number of aryl methyl sites for hydroxylation is 2. The highest BCUT2D eigenvalue weighted by Gasteiger charge is 2.44. The summed E-state index contributed by atoms with van der Waals surface area (Å²) in [6, 6.07) is 20.9. The third-order valence-corrected chi connectivity index (χ3v) is 10.1. The minimum absolute atomic E-state index is 0.00996. The van der Waals surface area contributed by atoms with Gasteiger partial charge in [-0.3, -0.25) is 0 Å². The van der Waals surface area contributed by atoms with Crippen molar-refractivity contribution in [3.05, 3.63) is 99.6 Å². The molecule has 1 aliphatic heterocycles. The minimum atomic E-state index is -4.17.